The summed E-state index contributed by atoms with van der Waals surface area (Å²) in [5.41, 5.74) is -0.0326. The normalized spacial score (nSPS) is 11.9. The largest absolute Gasteiger partial charge is 0.393 e. The minimum absolute atomic E-state index is 0.230. The second-order valence-electron chi connectivity index (χ2n) is 4.07. The Kier molecular flexibility index (Phi) is 5.38. The highest BCUT2D eigenvalue weighted by atomic mass is 16.3. The molecule has 0 aromatic carbocycles. The third-order valence-electron chi connectivity index (χ3n) is 2.61. The molecule has 6 heteroatoms. The molecule has 0 bridgehead atoms. The topological polar surface area (TPSA) is 83.4 Å². The van der Waals surface area contributed by atoms with Crippen molar-refractivity contribution in [2.75, 3.05) is 11.9 Å². The van der Waals surface area contributed by atoms with Crippen LogP contribution in [0.3, 0.4) is 0 Å². The summed E-state index contributed by atoms with van der Waals surface area (Å²) in [4.78, 5) is 23.1. The first kappa shape index (κ1) is 14.2. The number of amides is 2. The van der Waals surface area contributed by atoms with Gasteiger partial charge in [-0.2, -0.15) is 0 Å². The van der Waals surface area contributed by atoms with Gasteiger partial charge in [-0.25, -0.2) is 4.79 Å². The van der Waals surface area contributed by atoms with Crippen LogP contribution in [0.1, 0.15) is 19.8 Å². The predicted molar refractivity (Wildman–Crippen MR) is 69.6 cm³/mol. The molecule has 1 unspecified atom stereocenters. The maximum atomic E-state index is 11.6. The molecular formula is C12H19N3O3. The molecular weight excluding hydrogens is 234 g/mol. The van der Waals surface area contributed by atoms with Crippen molar-refractivity contribution in [3.8, 4) is 0 Å². The number of aromatic nitrogens is 1. The summed E-state index contributed by atoms with van der Waals surface area (Å²) in [6.45, 7) is 2.24. The molecule has 1 aromatic heterocycles. The highest BCUT2D eigenvalue weighted by Crippen LogP contribution is 1.98. The molecule has 0 fully saturated rings. The van der Waals surface area contributed by atoms with E-state index < -0.39 is 12.1 Å². The lowest BCUT2D eigenvalue weighted by molar-refractivity contribution is 0.160. The van der Waals surface area contributed by atoms with Crippen LogP contribution in [0.25, 0.3) is 0 Å². The van der Waals surface area contributed by atoms with Crippen molar-refractivity contribution in [3.05, 3.63) is 28.7 Å². The van der Waals surface area contributed by atoms with Crippen molar-refractivity contribution in [2.24, 2.45) is 7.05 Å². The number of aliphatic hydroxyl groups excluding tert-OH is 1. The van der Waals surface area contributed by atoms with Crippen LogP contribution < -0.4 is 16.2 Å². The number of hydrogen-bond donors (Lipinski definition) is 3. The van der Waals surface area contributed by atoms with Gasteiger partial charge in [0.25, 0.3) is 5.56 Å². The summed E-state index contributed by atoms with van der Waals surface area (Å²) in [5, 5.41) is 14.4. The zero-order valence-electron chi connectivity index (χ0n) is 10.6. The summed E-state index contributed by atoms with van der Waals surface area (Å²) in [6, 6.07) is 2.78. The number of urea groups is 1. The van der Waals surface area contributed by atoms with Crippen molar-refractivity contribution >= 4 is 11.7 Å². The number of anilines is 1. The zero-order chi connectivity index (χ0) is 13.5. The molecule has 0 aliphatic carbocycles. The predicted octanol–water partition coefficient (Wildman–Crippen LogP) is 0.668. The van der Waals surface area contributed by atoms with Crippen LogP contribution in [0.2, 0.25) is 0 Å². The number of nitrogens with one attached hydrogen (secondary N) is 2. The standard InChI is InChI=1S/C12H19N3O3/c1-3-9(16)6-7-13-12(18)14-10-5-4-8-15(2)11(10)17/h4-5,8-9,16H,3,6-7H2,1-2H3,(H2,13,14,18). The van der Waals surface area contributed by atoms with Crippen molar-refractivity contribution < 1.29 is 9.90 Å². The van der Waals surface area contributed by atoms with Crippen molar-refractivity contribution in [1.29, 1.82) is 0 Å². The van der Waals surface area contributed by atoms with Gasteiger partial charge in [-0.05, 0) is 25.0 Å². The van der Waals surface area contributed by atoms with Gasteiger partial charge in [0.1, 0.15) is 5.69 Å². The van der Waals surface area contributed by atoms with Gasteiger partial charge < -0.3 is 20.3 Å². The van der Waals surface area contributed by atoms with Crippen LogP contribution in [0.4, 0.5) is 10.5 Å². The van der Waals surface area contributed by atoms with Gasteiger partial charge in [0.2, 0.25) is 0 Å². The molecule has 0 saturated heterocycles. The van der Waals surface area contributed by atoms with E-state index >= 15 is 0 Å². The fourth-order valence-electron chi connectivity index (χ4n) is 1.42. The quantitative estimate of drug-likeness (QED) is 0.721. The molecule has 1 aromatic rings. The van der Waals surface area contributed by atoms with E-state index in [2.05, 4.69) is 10.6 Å². The van der Waals surface area contributed by atoms with Gasteiger partial charge in [-0.15, -0.1) is 0 Å². The molecule has 1 rings (SSSR count). The Balaban J connectivity index is 2.45. The number of carbonyl (C=O) groups is 1. The summed E-state index contributed by atoms with van der Waals surface area (Å²) in [5.74, 6) is 0. The van der Waals surface area contributed by atoms with Gasteiger partial charge in [-0.3, -0.25) is 4.79 Å². The Hall–Kier alpha value is -1.82. The Bertz CT molecular complexity index is 456. The molecule has 18 heavy (non-hydrogen) atoms. The molecule has 0 radical (unpaired) electrons. The average Bonchev–Trinajstić information content (AvgIpc) is 2.34. The first-order valence-corrected chi connectivity index (χ1v) is 5.93. The summed E-state index contributed by atoms with van der Waals surface area (Å²) in [6.07, 6.45) is 2.36. The van der Waals surface area contributed by atoms with Crippen LogP contribution in [0.15, 0.2) is 23.1 Å². The maximum Gasteiger partial charge on any atom is 0.319 e. The highest BCUT2D eigenvalue weighted by Gasteiger charge is 2.06. The second kappa shape index (κ2) is 6.80. The van der Waals surface area contributed by atoms with Crippen molar-refractivity contribution in [2.45, 2.75) is 25.9 Å². The van der Waals surface area contributed by atoms with Gasteiger partial charge in [0.15, 0.2) is 0 Å². The Morgan fingerprint density at radius 3 is 2.94 bits per heavy atom. The number of aryl methyl sites for hydroxylation is 1. The first-order valence-electron chi connectivity index (χ1n) is 5.93. The monoisotopic (exact) mass is 253 g/mol. The maximum absolute atomic E-state index is 11.6. The summed E-state index contributed by atoms with van der Waals surface area (Å²) < 4.78 is 1.39. The van der Waals surface area contributed by atoms with Gasteiger partial charge >= 0.3 is 6.03 Å². The van der Waals surface area contributed by atoms with Crippen LogP contribution in [0, 0.1) is 0 Å². The van der Waals surface area contributed by atoms with E-state index in [0.29, 0.717) is 19.4 Å². The van der Waals surface area contributed by atoms with E-state index in [9.17, 15) is 14.7 Å². The average molecular weight is 253 g/mol. The number of hydrogen-bond acceptors (Lipinski definition) is 3. The molecule has 0 aliphatic heterocycles. The molecule has 3 N–H and O–H groups in total. The van der Waals surface area contributed by atoms with Crippen molar-refractivity contribution in [3.63, 3.8) is 0 Å². The number of pyridine rings is 1. The lowest BCUT2D eigenvalue weighted by atomic mass is 10.2. The van der Waals surface area contributed by atoms with E-state index in [0.717, 1.165) is 0 Å². The number of rotatable bonds is 5. The molecule has 0 saturated carbocycles. The lowest BCUT2D eigenvalue weighted by Crippen LogP contribution is -2.33. The second-order valence-corrected chi connectivity index (χ2v) is 4.07. The number of carbonyl (C=O) groups excluding carboxylic acids is 1. The molecule has 0 spiro atoms. The van der Waals surface area contributed by atoms with E-state index in [1.807, 2.05) is 6.92 Å². The molecule has 1 heterocycles. The Morgan fingerprint density at radius 1 is 1.56 bits per heavy atom. The zero-order valence-corrected chi connectivity index (χ0v) is 10.6. The highest BCUT2D eigenvalue weighted by molar-refractivity contribution is 5.88. The van der Waals surface area contributed by atoms with Crippen LogP contribution in [0.5, 0.6) is 0 Å². The Morgan fingerprint density at radius 2 is 2.28 bits per heavy atom. The molecule has 6 nitrogen and oxygen atoms in total. The fourth-order valence-corrected chi connectivity index (χ4v) is 1.42. The van der Waals surface area contributed by atoms with Crippen LogP contribution in [-0.2, 0) is 7.05 Å². The minimum atomic E-state index is -0.443. The van der Waals surface area contributed by atoms with E-state index in [-0.39, 0.29) is 11.2 Å². The third kappa shape index (κ3) is 4.21. The molecule has 1 atom stereocenters. The smallest absolute Gasteiger partial charge is 0.319 e. The van der Waals surface area contributed by atoms with Gasteiger partial charge in [0, 0.05) is 19.8 Å². The van der Waals surface area contributed by atoms with Crippen molar-refractivity contribution in [1.82, 2.24) is 9.88 Å². The lowest BCUT2D eigenvalue weighted by Gasteiger charge is -2.10. The van der Waals surface area contributed by atoms with Gasteiger partial charge in [-0.1, -0.05) is 6.92 Å². The third-order valence-corrected chi connectivity index (χ3v) is 2.61. The summed E-state index contributed by atoms with van der Waals surface area (Å²) in [7, 11) is 1.61. The molecule has 100 valence electrons. The van der Waals surface area contributed by atoms with E-state index in [4.69, 9.17) is 0 Å². The minimum Gasteiger partial charge on any atom is -0.393 e. The number of aliphatic hydroxyl groups is 1. The molecule has 2 amide bonds. The van der Waals surface area contributed by atoms with Gasteiger partial charge in [0.05, 0.1) is 6.10 Å². The van der Waals surface area contributed by atoms with E-state index in [1.165, 1.54) is 4.57 Å². The summed E-state index contributed by atoms with van der Waals surface area (Å²) >= 11 is 0. The number of nitrogens with zero attached hydrogens (tertiary/aromatic N) is 1. The van der Waals surface area contributed by atoms with E-state index in [1.54, 1.807) is 25.4 Å². The fraction of sp³-hybridized carbons (Fsp3) is 0.500. The van der Waals surface area contributed by atoms with Crippen LogP contribution >= 0.6 is 0 Å². The first-order chi connectivity index (χ1) is 8.54. The molecule has 0 aliphatic rings. The van der Waals surface area contributed by atoms with Crippen LogP contribution in [-0.4, -0.2) is 28.4 Å². The SMILES string of the molecule is CCC(O)CCNC(=O)Nc1cccn(C)c1=O. The Labute approximate surface area is 106 Å².